The summed E-state index contributed by atoms with van der Waals surface area (Å²) in [5, 5.41) is 0.789. The Kier molecular flexibility index (Phi) is 4.33. The van der Waals surface area contributed by atoms with Crippen LogP contribution in [-0.4, -0.2) is 24.9 Å². The number of likely N-dealkylation sites (N-methyl/N-ethyl adjacent to an activating group) is 1. The van der Waals surface area contributed by atoms with Crippen molar-refractivity contribution in [1.82, 2.24) is 4.90 Å². The number of hydrogen-bond acceptors (Lipinski definition) is 4. The number of rotatable bonds is 4. The Morgan fingerprint density at radius 2 is 1.75 bits per heavy atom. The van der Waals surface area contributed by atoms with Gasteiger partial charge in [0.05, 0.1) is 0 Å². The third kappa shape index (κ3) is 3.30. The van der Waals surface area contributed by atoms with Crippen molar-refractivity contribution in [3.8, 4) is 5.75 Å². The molecule has 2 aromatic carbocycles. The standard InChI is InChI=1S/C19H17NO4/c1-20(2)19(22)18(14-6-4-3-5-7-14)23-15-10-8-13-9-11-17(21)24-16(13)12-15/h3-12,18H,1-2H3/t18-/m0/s1. The van der Waals surface area contributed by atoms with Crippen LogP contribution in [0, 0.1) is 0 Å². The highest BCUT2D eigenvalue weighted by Gasteiger charge is 2.24. The Hall–Kier alpha value is -3.08. The van der Waals surface area contributed by atoms with Crippen LogP contribution in [0.4, 0.5) is 0 Å². The molecule has 0 bridgehead atoms. The van der Waals surface area contributed by atoms with Crippen molar-refractivity contribution in [3.05, 3.63) is 76.6 Å². The number of carbonyl (C=O) groups excluding carboxylic acids is 1. The summed E-state index contributed by atoms with van der Waals surface area (Å²) in [7, 11) is 3.36. The van der Waals surface area contributed by atoms with Crippen LogP contribution in [0.1, 0.15) is 11.7 Å². The molecule has 3 rings (SSSR count). The molecular weight excluding hydrogens is 306 g/mol. The number of carbonyl (C=O) groups is 1. The van der Waals surface area contributed by atoms with Crippen molar-refractivity contribution in [2.24, 2.45) is 0 Å². The van der Waals surface area contributed by atoms with Gasteiger partial charge in [-0.05, 0) is 18.2 Å². The van der Waals surface area contributed by atoms with Gasteiger partial charge in [0.1, 0.15) is 11.3 Å². The lowest BCUT2D eigenvalue weighted by Crippen LogP contribution is -2.31. The van der Waals surface area contributed by atoms with Crippen molar-refractivity contribution >= 4 is 16.9 Å². The molecule has 0 fully saturated rings. The Morgan fingerprint density at radius 3 is 2.46 bits per heavy atom. The molecule has 122 valence electrons. The fourth-order valence-corrected chi connectivity index (χ4v) is 2.37. The summed E-state index contributed by atoms with van der Waals surface area (Å²) >= 11 is 0. The molecule has 0 aliphatic heterocycles. The lowest BCUT2D eigenvalue weighted by Gasteiger charge is -2.22. The van der Waals surface area contributed by atoms with Gasteiger partial charge in [-0.3, -0.25) is 4.79 Å². The molecule has 0 aliphatic rings. The predicted molar refractivity (Wildman–Crippen MR) is 91.0 cm³/mol. The summed E-state index contributed by atoms with van der Waals surface area (Å²) < 4.78 is 11.1. The number of benzene rings is 2. The molecule has 24 heavy (non-hydrogen) atoms. The molecular formula is C19H17NO4. The SMILES string of the molecule is CN(C)C(=O)[C@@H](Oc1ccc2ccc(=O)oc2c1)c1ccccc1. The van der Waals surface area contributed by atoms with E-state index in [-0.39, 0.29) is 5.91 Å². The highest BCUT2D eigenvalue weighted by Crippen LogP contribution is 2.26. The Labute approximate surface area is 139 Å². The minimum Gasteiger partial charge on any atom is -0.476 e. The van der Waals surface area contributed by atoms with Crippen LogP contribution >= 0.6 is 0 Å². The first kappa shape index (κ1) is 15.8. The lowest BCUT2D eigenvalue weighted by molar-refractivity contribution is -0.136. The zero-order valence-corrected chi connectivity index (χ0v) is 13.4. The van der Waals surface area contributed by atoms with Gasteiger partial charge in [0.25, 0.3) is 5.91 Å². The minimum absolute atomic E-state index is 0.171. The number of hydrogen-bond donors (Lipinski definition) is 0. The van der Waals surface area contributed by atoms with E-state index in [0.29, 0.717) is 11.3 Å². The molecule has 1 amide bonds. The third-order valence-corrected chi connectivity index (χ3v) is 3.62. The third-order valence-electron chi connectivity index (χ3n) is 3.62. The van der Waals surface area contributed by atoms with Crippen molar-refractivity contribution in [1.29, 1.82) is 0 Å². The predicted octanol–water partition coefficient (Wildman–Crippen LogP) is 3.00. The van der Waals surface area contributed by atoms with Crippen LogP contribution in [0.3, 0.4) is 0 Å². The summed E-state index contributed by atoms with van der Waals surface area (Å²) in [5.41, 5.74) is 0.749. The molecule has 1 atom stereocenters. The number of fused-ring (bicyclic) bond motifs is 1. The second kappa shape index (κ2) is 6.58. The Balaban J connectivity index is 1.98. The fourth-order valence-electron chi connectivity index (χ4n) is 2.37. The van der Waals surface area contributed by atoms with Gasteiger partial charge in [0.2, 0.25) is 6.10 Å². The normalized spacial score (nSPS) is 11.9. The van der Waals surface area contributed by atoms with Gasteiger partial charge in [-0.2, -0.15) is 0 Å². The molecule has 1 aromatic heterocycles. The van der Waals surface area contributed by atoms with Gasteiger partial charge in [-0.15, -0.1) is 0 Å². The quantitative estimate of drug-likeness (QED) is 0.693. The molecule has 3 aromatic rings. The average Bonchev–Trinajstić information content (AvgIpc) is 2.59. The van der Waals surface area contributed by atoms with Crippen molar-refractivity contribution in [2.75, 3.05) is 14.1 Å². The van der Waals surface area contributed by atoms with E-state index in [4.69, 9.17) is 9.15 Å². The van der Waals surface area contributed by atoms with Gasteiger partial charge in [0, 0.05) is 37.2 Å². The average molecular weight is 323 g/mol. The van der Waals surface area contributed by atoms with Gasteiger partial charge in [0.15, 0.2) is 0 Å². The zero-order chi connectivity index (χ0) is 17.1. The highest BCUT2D eigenvalue weighted by atomic mass is 16.5. The minimum atomic E-state index is -0.769. The maximum atomic E-state index is 12.5. The molecule has 0 aliphatic carbocycles. The smallest absolute Gasteiger partial charge is 0.336 e. The van der Waals surface area contributed by atoms with E-state index in [9.17, 15) is 9.59 Å². The second-order valence-electron chi connectivity index (χ2n) is 5.60. The van der Waals surface area contributed by atoms with E-state index in [1.54, 1.807) is 38.4 Å². The van der Waals surface area contributed by atoms with Crippen LogP contribution in [0.25, 0.3) is 11.0 Å². The molecule has 5 heteroatoms. The maximum absolute atomic E-state index is 12.5. The maximum Gasteiger partial charge on any atom is 0.336 e. The Bertz CT molecular complexity index is 915. The highest BCUT2D eigenvalue weighted by molar-refractivity contribution is 5.83. The first-order valence-electron chi connectivity index (χ1n) is 7.51. The number of amides is 1. The van der Waals surface area contributed by atoms with Gasteiger partial charge < -0.3 is 14.1 Å². The van der Waals surface area contributed by atoms with Gasteiger partial charge in [-0.25, -0.2) is 4.79 Å². The molecule has 0 radical (unpaired) electrons. The number of nitrogens with zero attached hydrogens (tertiary/aromatic N) is 1. The van der Waals surface area contributed by atoms with E-state index in [1.165, 1.54) is 11.0 Å². The fraction of sp³-hybridized carbons (Fsp3) is 0.158. The van der Waals surface area contributed by atoms with Crippen LogP contribution in [-0.2, 0) is 4.79 Å². The van der Waals surface area contributed by atoms with Gasteiger partial charge >= 0.3 is 5.63 Å². The largest absolute Gasteiger partial charge is 0.476 e. The molecule has 0 unspecified atom stereocenters. The second-order valence-corrected chi connectivity index (χ2v) is 5.60. The summed E-state index contributed by atoms with van der Waals surface area (Å²) in [6.07, 6.45) is -0.769. The van der Waals surface area contributed by atoms with E-state index < -0.39 is 11.7 Å². The van der Waals surface area contributed by atoms with Crippen molar-refractivity contribution in [2.45, 2.75) is 6.10 Å². The summed E-state index contributed by atoms with van der Waals surface area (Å²) in [6.45, 7) is 0. The lowest BCUT2D eigenvalue weighted by atomic mass is 10.1. The van der Waals surface area contributed by atoms with E-state index in [1.807, 2.05) is 30.3 Å². The summed E-state index contributed by atoms with van der Waals surface area (Å²) in [6, 6.07) is 17.5. The Morgan fingerprint density at radius 1 is 1.04 bits per heavy atom. The van der Waals surface area contributed by atoms with Crippen LogP contribution < -0.4 is 10.4 Å². The number of ether oxygens (including phenoxy) is 1. The first-order valence-corrected chi connectivity index (χ1v) is 7.51. The monoisotopic (exact) mass is 323 g/mol. The topological polar surface area (TPSA) is 59.8 Å². The van der Waals surface area contributed by atoms with Crippen molar-refractivity contribution in [3.63, 3.8) is 0 Å². The van der Waals surface area contributed by atoms with Crippen molar-refractivity contribution < 1.29 is 13.9 Å². The molecule has 5 nitrogen and oxygen atoms in total. The molecule has 0 saturated heterocycles. The molecule has 0 spiro atoms. The summed E-state index contributed by atoms with van der Waals surface area (Å²) in [4.78, 5) is 25.3. The molecule has 1 heterocycles. The van der Waals surface area contributed by atoms with E-state index >= 15 is 0 Å². The molecule has 0 N–H and O–H groups in total. The van der Waals surface area contributed by atoms with Crippen LogP contribution in [0.15, 0.2) is 69.9 Å². The first-order chi connectivity index (χ1) is 11.5. The van der Waals surface area contributed by atoms with E-state index in [0.717, 1.165) is 10.9 Å². The summed E-state index contributed by atoms with van der Waals surface area (Å²) in [5.74, 6) is 0.289. The van der Waals surface area contributed by atoms with Gasteiger partial charge in [-0.1, -0.05) is 30.3 Å². The van der Waals surface area contributed by atoms with E-state index in [2.05, 4.69) is 0 Å². The van der Waals surface area contributed by atoms with Crippen LogP contribution in [0.2, 0.25) is 0 Å². The zero-order valence-electron chi connectivity index (χ0n) is 13.4. The molecule has 0 saturated carbocycles. The van der Waals surface area contributed by atoms with Crippen LogP contribution in [0.5, 0.6) is 5.75 Å².